The van der Waals surface area contributed by atoms with E-state index < -0.39 is 0 Å². The maximum atomic E-state index is 12.3. The molecule has 0 saturated heterocycles. The fourth-order valence-corrected chi connectivity index (χ4v) is 3.52. The summed E-state index contributed by atoms with van der Waals surface area (Å²) in [5.74, 6) is 1.48. The molecule has 0 spiro atoms. The molecule has 2 aliphatic rings. The summed E-state index contributed by atoms with van der Waals surface area (Å²) in [6.07, 6.45) is 4.97. The first-order valence-corrected chi connectivity index (χ1v) is 8.12. The molecule has 3 rings (SSSR count). The highest BCUT2D eigenvalue weighted by atomic mass is 16.5. The van der Waals surface area contributed by atoms with E-state index in [9.17, 15) is 4.79 Å². The Balaban J connectivity index is 2.00. The van der Waals surface area contributed by atoms with Crippen LogP contribution < -0.4 is 10.9 Å². The van der Waals surface area contributed by atoms with Gasteiger partial charge >= 0.3 is 0 Å². The molecule has 0 bridgehead atoms. The van der Waals surface area contributed by atoms with E-state index in [2.05, 4.69) is 17.2 Å². The lowest BCUT2D eigenvalue weighted by Gasteiger charge is -2.38. The van der Waals surface area contributed by atoms with Crippen LogP contribution in [0.4, 0.5) is 0 Å². The lowest BCUT2D eigenvalue weighted by molar-refractivity contribution is -0.0840. The fourth-order valence-electron chi connectivity index (χ4n) is 3.52. The second kappa shape index (κ2) is 5.89. The minimum Gasteiger partial charge on any atom is -0.367 e. The van der Waals surface area contributed by atoms with Gasteiger partial charge in [0.2, 0.25) is 0 Å². The summed E-state index contributed by atoms with van der Waals surface area (Å²) in [5.41, 5.74) is 1.35. The molecule has 1 fully saturated rings. The molecular weight excluding hydrogens is 266 g/mol. The molecule has 0 radical (unpaired) electrons. The minimum absolute atomic E-state index is 0.0000926. The van der Waals surface area contributed by atoms with Gasteiger partial charge < -0.3 is 15.0 Å². The van der Waals surface area contributed by atoms with E-state index in [-0.39, 0.29) is 11.2 Å². The van der Waals surface area contributed by atoms with Gasteiger partial charge in [-0.25, -0.2) is 4.98 Å². The van der Waals surface area contributed by atoms with Crippen LogP contribution in [0.5, 0.6) is 0 Å². The predicted molar refractivity (Wildman–Crippen MR) is 81.2 cm³/mol. The normalized spacial score (nSPS) is 29.1. The zero-order valence-electron chi connectivity index (χ0n) is 13.0. The molecule has 0 aromatic carbocycles. The summed E-state index contributed by atoms with van der Waals surface area (Å²) in [7, 11) is 0. The zero-order valence-corrected chi connectivity index (χ0v) is 13.0. The summed E-state index contributed by atoms with van der Waals surface area (Å²) >= 11 is 0. The van der Waals surface area contributed by atoms with Gasteiger partial charge in [0.05, 0.1) is 11.3 Å². The molecule has 1 aliphatic heterocycles. The number of rotatable bonds is 3. The van der Waals surface area contributed by atoms with Gasteiger partial charge in [-0.2, -0.15) is 0 Å². The van der Waals surface area contributed by atoms with Crippen molar-refractivity contribution in [3.8, 4) is 0 Å². The van der Waals surface area contributed by atoms with Crippen molar-refractivity contribution in [2.75, 3.05) is 13.2 Å². The van der Waals surface area contributed by atoms with Crippen molar-refractivity contribution < 1.29 is 4.74 Å². The van der Waals surface area contributed by atoms with Crippen LogP contribution in [0.2, 0.25) is 0 Å². The number of ether oxygens (including phenoxy) is 1. The van der Waals surface area contributed by atoms with Crippen molar-refractivity contribution >= 4 is 0 Å². The van der Waals surface area contributed by atoms with E-state index in [1.165, 1.54) is 0 Å². The Morgan fingerprint density at radius 1 is 1.38 bits per heavy atom. The Bertz CT molecular complexity index is 559. The van der Waals surface area contributed by atoms with Crippen molar-refractivity contribution in [2.45, 2.75) is 58.1 Å². The topological polar surface area (TPSA) is 67.0 Å². The Kier molecular flexibility index (Phi) is 4.13. The Morgan fingerprint density at radius 3 is 2.86 bits per heavy atom. The summed E-state index contributed by atoms with van der Waals surface area (Å²) in [5, 5.41) is 3.23. The molecule has 5 nitrogen and oxygen atoms in total. The van der Waals surface area contributed by atoms with Crippen molar-refractivity contribution in [1.29, 1.82) is 0 Å². The molecule has 1 aromatic heterocycles. The summed E-state index contributed by atoms with van der Waals surface area (Å²) in [6.45, 7) is 6.46. The molecule has 1 aliphatic carbocycles. The Labute approximate surface area is 125 Å². The quantitative estimate of drug-likeness (QED) is 0.892. The Hall–Kier alpha value is -1.20. The maximum absolute atomic E-state index is 12.3. The molecule has 21 heavy (non-hydrogen) atoms. The van der Waals surface area contributed by atoms with Crippen molar-refractivity contribution in [1.82, 2.24) is 15.3 Å². The number of hydrogen-bond acceptors (Lipinski definition) is 4. The van der Waals surface area contributed by atoms with Crippen LogP contribution in [-0.2, 0) is 23.3 Å². The molecule has 0 atom stereocenters. The smallest absolute Gasteiger partial charge is 0.255 e. The number of fused-ring (bicyclic) bond motifs is 1. The van der Waals surface area contributed by atoms with Crippen LogP contribution in [0.15, 0.2) is 4.79 Å². The number of H-pyrrole nitrogens is 1. The van der Waals surface area contributed by atoms with Gasteiger partial charge in [0.15, 0.2) is 0 Å². The van der Waals surface area contributed by atoms with Gasteiger partial charge in [0.25, 0.3) is 5.56 Å². The molecule has 1 saturated carbocycles. The minimum atomic E-state index is -0.389. The highest BCUT2D eigenvalue weighted by Gasteiger charge is 2.39. The van der Waals surface area contributed by atoms with Gasteiger partial charge in [0.1, 0.15) is 11.4 Å². The maximum Gasteiger partial charge on any atom is 0.255 e. The zero-order chi connectivity index (χ0) is 14.9. The fraction of sp³-hybridized carbons (Fsp3) is 0.750. The van der Waals surface area contributed by atoms with Crippen LogP contribution in [0.3, 0.4) is 0 Å². The Morgan fingerprint density at radius 2 is 2.14 bits per heavy atom. The molecular formula is C16H25N3O2. The third-order valence-corrected chi connectivity index (χ3v) is 4.88. The third-order valence-electron chi connectivity index (χ3n) is 4.88. The lowest BCUT2D eigenvalue weighted by atomic mass is 9.78. The van der Waals surface area contributed by atoms with E-state index >= 15 is 0 Å². The van der Waals surface area contributed by atoms with Crippen molar-refractivity contribution in [2.24, 2.45) is 5.92 Å². The third kappa shape index (κ3) is 2.77. The van der Waals surface area contributed by atoms with Gasteiger partial charge in [-0.3, -0.25) is 4.79 Å². The number of hydrogen-bond donors (Lipinski definition) is 2. The van der Waals surface area contributed by atoms with Gasteiger partial charge in [-0.1, -0.05) is 6.92 Å². The largest absolute Gasteiger partial charge is 0.367 e. The average molecular weight is 291 g/mol. The van der Waals surface area contributed by atoms with Crippen molar-refractivity contribution in [3.05, 3.63) is 27.4 Å². The SMILES string of the molecule is CCOC1(c2nc3c(c(=O)[nH]2)CNCC3)CCC(C)CC1. The predicted octanol–water partition coefficient (Wildman–Crippen LogP) is 1.86. The second-order valence-corrected chi connectivity index (χ2v) is 6.38. The second-order valence-electron chi connectivity index (χ2n) is 6.38. The molecule has 0 amide bonds. The number of nitrogens with zero attached hydrogens (tertiary/aromatic N) is 1. The van der Waals surface area contributed by atoms with Crippen LogP contribution in [-0.4, -0.2) is 23.1 Å². The summed E-state index contributed by atoms with van der Waals surface area (Å²) < 4.78 is 6.10. The monoisotopic (exact) mass is 291 g/mol. The van der Waals surface area contributed by atoms with E-state index in [0.29, 0.717) is 13.2 Å². The summed E-state index contributed by atoms with van der Waals surface area (Å²) in [4.78, 5) is 20.2. The van der Waals surface area contributed by atoms with Crippen LogP contribution in [0.1, 0.15) is 56.6 Å². The van der Waals surface area contributed by atoms with E-state index in [1.54, 1.807) is 0 Å². The molecule has 2 heterocycles. The molecule has 1 aromatic rings. The first kappa shape index (κ1) is 14.7. The first-order valence-electron chi connectivity index (χ1n) is 8.12. The first-order chi connectivity index (χ1) is 10.1. The van der Waals surface area contributed by atoms with E-state index in [4.69, 9.17) is 9.72 Å². The number of aromatic amines is 1. The molecule has 2 N–H and O–H groups in total. The average Bonchev–Trinajstić information content (AvgIpc) is 2.50. The standard InChI is InChI=1S/C16H25N3O2/c1-3-21-16(7-4-11(2)5-8-16)15-18-13-6-9-17-10-12(13)14(20)19-15/h11,17H,3-10H2,1-2H3,(H,18,19,20). The number of aromatic nitrogens is 2. The molecule has 5 heteroatoms. The van der Waals surface area contributed by atoms with Gasteiger partial charge in [0, 0.05) is 26.1 Å². The van der Waals surface area contributed by atoms with E-state index in [0.717, 1.165) is 61.6 Å². The summed E-state index contributed by atoms with van der Waals surface area (Å²) in [6, 6.07) is 0. The van der Waals surface area contributed by atoms with Crippen LogP contribution >= 0.6 is 0 Å². The van der Waals surface area contributed by atoms with Gasteiger partial charge in [-0.05, 0) is 38.5 Å². The lowest BCUT2D eigenvalue weighted by Crippen LogP contribution is -2.40. The van der Waals surface area contributed by atoms with Gasteiger partial charge in [-0.15, -0.1) is 0 Å². The van der Waals surface area contributed by atoms with Crippen molar-refractivity contribution in [3.63, 3.8) is 0 Å². The molecule has 0 unspecified atom stereocenters. The van der Waals surface area contributed by atoms with Crippen LogP contribution in [0.25, 0.3) is 0 Å². The number of nitrogens with one attached hydrogen (secondary N) is 2. The molecule has 116 valence electrons. The highest BCUT2D eigenvalue weighted by molar-refractivity contribution is 5.22. The van der Waals surface area contributed by atoms with E-state index in [1.807, 2.05) is 6.92 Å². The van der Waals surface area contributed by atoms with Crippen LogP contribution in [0, 0.1) is 5.92 Å². The highest BCUT2D eigenvalue weighted by Crippen LogP contribution is 2.40.